The summed E-state index contributed by atoms with van der Waals surface area (Å²) in [7, 11) is 0. The maximum atomic E-state index is 12.2. The first-order valence-corrected chi connectivity index (χ1v) is 3.90. The number of halogens is 3. The van der Waals surface area contributed by atoms with Gasteiger partial charge in [-0.15, -0.1) is 0 Å². The maximum Gasteiger partial charge on any atom is 0.310 e. The second kappa shape index (κ2) is 3.73. The number of nitro groups is 1. The van der Waals surface area contributed by atoms with Crippen LogP contribution in [-0.2, 0) is 0 Å². The van der Waals surface area contributed by atoms with Gasteiger partial charge in [-0.2, -0.15) is 0 Å². The van der Waals surface area contributed by atoms with Crippen LogP contribution in [0.2, 0.25) is 0 Å². The molecule has 7 heteroatoms. The number of aromatic nitrogens is 1. The molecule has 1 heterocycles. The fourth-order valence-corrected chi connectivity index (χ4v) is 1.29. The Morgan fingerprint density at radius 2 is 2.23 bits per heavy atom. The van der Waals surface area contributed by atoms with Crippen LogP contribution in [0.3, 0.4) is 0 Å². The zero-order valence-corrected chi connectivity index (χ0v) is 7.66. The van der Waals surface area contributed by atoms with Gasteiger partial charge >= 0.3 is 5.69 Å². The van der Waals surface area contributed by atoms with Gasteiger partial charge in [0.2, 0.25) is 0 Å². The van der Waals surface area contributed by atoms with Gasteiger partial charge in [-0.1, -0.05) is 0 Å². The highest BCUT2D eigenvalue weighted by Crippen LogP contribution is 2.32. The molecule has 0 aliphatic rings. The van der Waals surface area contributed by atoms with Crippen LogP contribution in [0.5, 0.6) is 0 Å². The zero-order chi connectivity index (χ0) is 10.0. The molecule has 0 radical (unpaired) electrons. The van der Waals surface area contributed by atoms with Gasteiger partial charge < -0.3 is 0 Å². The van der Waals surface area contributed by atoms with E-state index in [9.17, 15) is 18.9 Å². The predicted molar refractivity (Wildman–Crippen MR) is 43.5 cm³/mol. The van der Waals surface area contributed by atoms with Gasteiger partial charge in [-0.05, 0) is 22.0 Å². The molecule has 0 spiro atoms. The molecule has 0 amide bonds. The van der Waals surface area contributed by atoms with Crippen molar-refractivity contribution in [3.63, 3.8) is 0 Å². The van der Waals surface area contributed by atoms with E-state index in [1.165, 1.54) is 0 Å². The molecule has 0 bridgehead atoms. The lowest BCUT2D eigenvalue weighted by molar-refractivity contribution is -0.387. The summed E-state index contributed by atoms with van der Waals surface area (Å²) in [6, 6.07) is 0.924. The molecule has 0 saturated heterocycles. The van der Waals surface area contributed by atoms with Crippen molar-refractivity contribution in [3.05, 3.63) is 32.5 Å². The van der Waals surface area contributed by atoms with Crippen molar-refractivity contribution >= 4 is 21.6 Å². The lowest BCUT2D eigenvalue weighted by atomic mass is 10.2. The Balaban J connectivity index is 3.34. The lowest BCUT2D eigenvalue weighted by Gasteiger charge is -2.01. The van der Waals surface area contributed by atoms with E-state index >= 15 is 0 Å². The number of rotatable bonds is 2. The third-order valence-corrected chi connectivity index (χ3v) is 1.91. The van der Waals surface area contributed by atoms with Crippen molar-refractivity contribution in [1.82, 2.24) is 4.98 Å². The summed E-state index contributed by atoms with van der Waals surface area (Å²) in [5, 5.41) is 10.3. The van der Waals surface area contributed by atoms with Crippen LogP contribution in [0.25, 0.3) is 0 Å². The van der Waals surface area contributed by atoms with Crippen LogP contribution in [0.4, 0.5) is 14.5 Å². The van der Waals surface area contributed by atoms with E-state index in [-0.39, 0.29) is 4.60 Å². The van der Waals surface area contributed by atoms with E-state index in [4.69, 9.17) is 0 Å². The number of pyridine rings is 1. The van der Waals surface area contributed by atoms with Crippen molar-refractivity contribution in [2.45, 2.75) is 6.43 Å². The monoisotopic (exact) mass is 252 g/mol. The van der Waals surface area contributed by atoms with Crippen LogP contribution in [0.15, 0.2) is 16.9 Å². The Hall–Kier alpha value is -1.11. The first-order valence-electron chi connectivity index (χ1n) is 3.11. The summed E-state index contributed by atoms with van der Waals surface area (Å²) in [4.78, 5) is 12.9. The van der Waals surface area contributed by atoms with E-state index in [0.29, 0.717) is 0 Å². The van der Waals surface area contributed by atoms with Crippen LogP contribution in [-0.4, -0.2) is 9.91 Å². The largest absolute Gasteiger partial charge is 0.310 e. The summed E-state index contributed by atoms with van der Waals surface area (Å²) in [5.74, 6) is 0. The average molecular weight is 253 g/mol. The first kappa shape index (κ1) is 9.97. The summed E-state index contributed by atoms with van der Waals surface area (Å²) in [5.41, 5.74) is -1.32. The van der Waals surface area contributed by atoms with Gasteiger partial charge in [-0.25, -0.2) is 13.8 Å². The molecule has 0 N–H and O–H groups in total. The Morgan fingerprint density at radius 1 is 1.62 bits per heavy atom. The minimum absolute atomic E-state index is 0.185. The summed E-state index contributed by atoms with van der Waals surface area (Å²) >= 11 is 2.73. The van der Waals surface area contributed by atoms with E-state index < -0.39 is 22.6 Å². The van der Waals surface area contributed by atoms with Crippen LogP contribution >= 0.6 is 15.9 Å². The van der Waals surface area contributed by atoms with E-state index in [1.54, 1.807) is 0 Å². The molecule has 0 aliphatic carbocycles. The Labute approximate surface area is 79.9 Å². The fourth-order valence-electron chi connectivity index (χ4n) is 0.799. The van der Waals surface area contributed by atoms with Crippen molar-refractivity contribution in [2.24, 2.45) is 0 Å². The van der Waals surface area contributed by atoms with Crippen LogP contribution < -0.4 is 0 Å². The highest BCUT2D eigenvalue weighted by Gasteiger charge is 2.25. The van der Waals surface area contributed by atoms with E-state index in [2.05, 4.69) is 20.9 Å². The Morgan fingerprint density at radius 3 is 2.62 bits per heavy atom. The topological polar surface area (TPSA) is 56.0 Å². The minimum atomic E-state index is -2.88. The standard InChI is InChI=1S/C6H3BrF2N2O2/c7-5-4(11(12)13)3(6(8)9)1-2-10-5/h1-2,6H. The summed E-state index contributed by atoms with van der Waals surface area (Å²) < 4.78 is 24.2. The van der Waals surface area contributed by atoms with Gasteiger partial charge in [-0.3, -0.25) is 10.1 Å². The van der Waals surface area contributed by atoms with Crippen molar-refractivity contribution in [1.29, 1.82) is 0 Å². The highest BCUT2D eigenvalue weighted by atomic mass is 79.9. The molecule has 70 valence electrons. The minimum Gasteiger partial charge on any atom is -0.258 e. The van der Waals surface area contributed by atoms with Crippen molar-refractivity contribution in [2.75, 3.05) is 0 Å². The smallest absolute Gasteiger partial charge is 0.258 e. The average Bonchev–Trinajstić information content (AvgIpc) is 2.02. The molecule has 0 fully saturated rings. The number of hydrogen-bond acceptors (Lipinski definition) is 3. The van der Waals surface area contributed by atoms with Crippen molar-refractivity contribution < 1.29 is 13.7 Å². The molecular formula is C6H3BrF2N2O2. The predicted octanol–water partition coefficient (Wildman–Crippen LogP) is 2.69. The molecule has 0 aliphatic heterocycles. The molecule has 1 aromatic heterocycles. The molecule has 0 atom stereocenters. The SMILES string of the molecule is O=[N+]([O-])c1c(C(F)F)ccnc1Br. The van der Waals surface area contributed by atoms with Crippen LogP contribution in [0, 0.1) is 10.1 Å². The first-order chi connectivity index (χ1) is 6.04. The Kier molecular flexibility index (Phi) is 2.86. The quantitative estimate of drug-likeness (QED) is 0.462. The number of nitrogens with zero attached hydrogens (tertiary/aromatic N) is 2. The molecule has 1 aromatic rings. The molecule has 0 saturated carbocycles. The Bertz CT molecular complexity index is 345. The molecule has 4 nitrogen and oxygen atoms in total. The van der Waals surface area contributed by atoms with Gasteiger partial charge in [0.15, 0.2) is 4.60 Å². The summed E-state index contributed by atoms with van der Waals surface area (Å²) in [6.45, 7) is 0. The van der Waals surface area contributed by atoms with Crippen LogP contribution in [0.1, 0.15) is 12.0 Å². The number of hydrogen-bond donors (Lipinski definition) is 0. The zero-order valence-electron chi connectivity index (χ0n) is 6.08. The highest BCUT2D eigenvalue weighted by molar-refractivity contribution is 9.10. The summed E-state index contributed by atoms with van der Waals surface area (Å²) in [6.07, 6.45) is -1.79. The molecule has 13 heavy (non-hydrogen) atoms. The third kappa shape index (κ3) is 1.97. The van der Waals surface area contributed by atoms with E-state index in [1.807, 2.05) is 0 Å². The van der Waals surface area contributed by atoms with Gasteiger partial charge in [0.05, 0.1) is 10.5 Å². The second-order valence-electron chi connectivity index (χ2n) is 2.10. The van der Waals surface area contributed by atoms with Gasteiger partial charge in [0, 0.05) is 6.20 Å². The molecule has 0 unspecified atom stereocenters. The van der Waals surface area contributed by atoms with Gasteiger partial charge in [0.25, 0.3) is 6.43 Å². The molecule has 1 rings (SSSR count). The number of alkyl halides is 2. The van der Waals surface area contributed by atoms with E-state index in [0.717, 1.165) is 12.3 Å². The van der Waals surface area contributed by atoms with Crippen molar-refractivity contribution in [3.8, 4) is 0 Å². The lowest BCUT2D eigenvalue weighted by Crippen LogP contribution is -1.98. The third-order valence-electron chi connectivity index (χ3n) is 1.33. The second-order valence-corrected chi connectivity index (χ2v) is 2.85. The molecule has 0 aromatic carbocycles. The normalized spacial score (nSPS) is 10.5. The fraction of sp³-hybridized carbons (Fsp3) is 0.167. The molecular weight excluding hydrogens is 250 g/mol. The maximum absolute atomic E-state index is 12.2. The van der Waals surface area contributed by atoms with Gasteiger partial charge in [0.1, 0.15) is 0 Å².